The molecule has 0 heterocycles. The van der Waals surface area contributed by atoms with Crippen LogP contribution in [0.4, 0.5) is 0 Å². The zero-order chi connectivity index (χ0) is 15.2. The Hall–Kier alpha value is -0.0400. The molecule has 0 aliphatic carbocycles. The highest BCUT2D eigenvalue weighted by molar-refractivity contribution is 4.63. The first-order valence-electron chi connectivity index (χ1n) is 9.26. The average Bonchev–Trinajstić information content (AvgIpc) is 2.39. The third-order valence-corrected chi connectivity index (χ3v) is 4.37. The molecule has 2 N–H and O–H groups in total. The van der Waals surface area contributed by atoms with Gasteiger partial charge in [0.1, 0.15) is 0 Å². The van der Waals surface area contributed by atoms with E-state index in [0.717, 1.165) is 24.3 Å². The first kappa shape index (κ1) is 20.0. The maximum absolute atomic E-state index is 5.52. The Morgan fingerprint density at radius 2 is 1.00 bits per heavy atom. The van der Waals surface area contributed by atoms with Crippen molar-refractivity contribution in [3.63, 3.8) is 0 Å². The number of nitrogens with two attached hydrogens (primary N) is 1. The fourth-order valence-electron chi connectivity index (χ4n) is 2.86. The molecule has 0 rings (SSSR count). The van der Waals surface area contributed by atoms with Crippen LogP contribution in [0, 0.1) is 17.8 Å². The van der Waals surface area contributed by atoms with Gasteiger partial charge < -0.3 is 5.73 Å². The van der Waals surface area contributed by atoms with E-state index in [9.17, 15) is 0 Å². The molecule has 0 spiro atoms. The minimum absolute atomic E-state index is 0.868. The predicted molar refractivity (Wildman–Crippen MR) is 93.0 cm³/mol. The Morgan fingerprint density at radius 3 is 1.45 bits per heavy atom. The third-order valence-electron chi connectivity index (χ3n) is 4.37. The van der Waals surface area contributed by atoms with Crippen molar-refractivity contribution in [3.05, 3.63) is 0 Å². The Balaban J connectivity index is 3.67. The van der Waals surface area contributed by atoms with Crippen molar-refractivity contribution in [2.45, 2.75) is 98.3 Å². The predicted octanol–water partition coefficient (Wildman–Crippen LogP) is 6.16. The van der Waals surface area contributed by atoms with Gasteiger partial charge in [0.05, 0.1) is 0 Å². The molecule has 1 nitrogen and oxygen atoms in total. The summed E-state index contributed by atoms with van der Waals surface area (Å²) >= 11 is 0. The SMILES string of the molecule is CC(C)CCC(CCCCCCCCN)CCC(C)C. The second-order valence-corrected chi connectivity index (χ2v) is 7.51. The Labute approximate surface area is 129 Å². The van der Waals surface area contributed by atoms with Crippen LogP contribution in [0.15, 0.2) is 0 Å². The lowest BCUT2D eigenvalue weighted by atomic mass is 9.87. The van der Waals surface area contributed by atoms with E-state index >= 15 is 0 Å². The molecule has 0 aliphatic heterocycles. The van der Waals surface area contributed by atoms with Crippen molar-refractivity contribution in [2.75, 3.05) is 6.54 Å². The molecular formula is C19H41N. The van der Waals surface area contributed by atoms with Crippen molar-refractivity contribution >= 4 is 0 Å². The van der Waals surface area contributed by atoms with Gasteiger partial charge in [0, 0.05) is 0 Å². The molecule has 1 heteroatoms. The van der Waals surface area contributed by atoms with Gasteiger partial charge in [-0.05, 0) is 30.7 Å². The number of unbranched alkanes of at least 4 members (excludes halogenated alkanes) is 5. The summed E-state index contributed by atoms with van der Waals surface area (Å²) in [5.41, 5.74) is 5.52. The fraction of sp³-hybridized carbons (Fsp3) is 1.00. The number of rotatable bonds is 14. The zero-order valence-electron chi connectivity index (χ0n) is 14.8. The quantitative estimate of drug-likeness (QED) is 0.379. The summed E-state index contributed by atoms with van der Waals surface area (Å²) < 4.78 is 0. The zero-order valence-corrected chi connectivity index (χ0v) is 14.8. The number of hydrogen-bond acceptors (Lipinski definition) is 1. The summed E-state index contributed by atoms with van der Waals surface area (Å²) in [5.74, 6) is 2.73. The second kappa shape index (κ2) is 13.9. The van der Waals surface area contributed by atoms with Crippen LogP contribution in [0.2, 0.25) is 0 Å². The molecule has 0 amide bonds. The minimum Gasteiger partial charge on any atom is -0.330 e. The van der Waals surface area contributed by atoms with Crippen LogP contribution >= 0.6 is 0 Å². The van der Waals surface area contributed by atoms with Gasteiger partial charge in [-0.2, -0.15) is 0 Å². The van der Waals surface area contributed by atoms with Gasteiger partial charge in [0.2, 0.25) is 0 Å². The van der Waals surface area contributed by atoms with Crippen LogP contribution in [-0.2, 0) is 0 Å². The van der Waals surface area contributed by atoms with E-state index in [1.807, 2.05) is 0 Å². The summed E-state index contributed by atoms with van der Waals surface area (Å²) in [6.45, 7) is 10.3. The molecule has 0 fully saturated rings. The van der Waals surface area contributed by atoms with Crippen LogP contribution in [0.5, 0.6) is 0 Å². The van der Waals surface area contributed by atoms with E-state index in [1.165, 1.54) is 70.6 Å². The molecule has 122 valence electrons. The molecule has 0 aromatic heterocycles. The van der Waals surface area contributed by atoms with E-state index in [4.69, 9.17) is 5.73 Å². The molecule has 0 aromatic rings. The lowest BCUT2D eigenvalue weighted by Crippen LogP contribution is -2.05. The highest BCUT2D eigenvalue weighted by Gasteiger charge is 2.10. The van der Waals surface area contributed by atoms with Gasteiger partial charge in [-0.1, -0.05) is 91.9 Å². The van der Waals surface area contributed by atoms with E-state index < -0.39 is 0 Å². The Morgan fingerprint density at radius 1 is 0.550 bits per heavy atom. The summed E-state index contributed by atoms with van der Waals surface area (Å²) in [6.07, 6.45) is 15.4. The molecule has 0 bridgehead atoms. The van der Waals surface area contributed by atoms with Crippen LogP contribution in [0.3, 0.4) is 0 Å². The van der Waals surface area contributed by atoms with Gasteiger partial charge in [-0.3, -0.25) is 0 Å². The average molecular weight is 284 g/mol. The molecule has 0 aliphatic rings. The van der Waals surface area contributed by atoms with Crippen molar-refractivity contribution in [2.24, 2.45) is 23.5 Å². The topological polar surface area (TPSA) is 26.0 Å². The fourth-order valence-corrected chi connectivity index (χ4v) is 2.86. The van der Waals surface area contributed by atoms with Crippen LogP contribution in [0.25, 0.3) is 0 Å². The van der Waals surface area contributed by atoms with E-state index in [0.29, 0.717) is 0 Å². The monoisotopic (exact) mass is 283 g/mol. The van der Waals surface area contributed by atoms with Crippen molar-refractivity contribution in [1.82, 2.24) is 0 Å². The van der Waals surface area contributed by atoms with Crippen LogP contribution < -0.4 is 5.73 Å². The van der Waals surface area contributed by atoms with Crippen molar-refractivity contribution in [3.8, 4) is 0 Å². The first-order valence-corrected chi connectivity index (χ1v) is 9.26. The van der Waals surface area contributed by atoms with E-state index in [-0.39, 0.29) is 0 Å². The van der Waals surface area contributed by atoms with Gasteiger partial charge >= 0.3 is 0 Å². The van der Waals surface area contributed by atoms with Crippen LogP contribution in [-0.4, -0.2) is 6.54 Å². The van der Waals surface area contributed by atoms with Crippen LogP contribution in [0.1, 0.15) is 98.3 Å². The summed E-state index contributed by atoms with van der Waals surface area (Å²) in [7, 11) is 0. The van der Waals surface area contributed by atoms with E-state index in [2.05, 4.69) is 27.7 Å². The smallest absolute Gasteiger partial charge is 0.00773 e. The lowest BCUT2D eigenvalue weighted by molar-refractivity contribution is 0.339. The molecular weight excluding hydrogens is 242 g/mol. The Kier molecular flexibility index (Phi) is 13.9. The molecule has 0 saturated carbocycles. The maximum atomic E-state index is 5.52. The summed E-state index contributed by atoms with van der Waals surface area (Å²) in [4.78, 5) is 0. The maximum Gasteiger partial charge on any atom is -0.00773 e. The minimum atomic E-state index is 0.868. The van der Waals surface area contributed by atoms with Crippen molar-refractivity contribution < 1.29 is 0 Å². The molecule has 0 atom stereocenters. The highest BCUT2D eigenvalue weighted by Crippen LogP contribution is 2.25. The number of hydrogen-bond donors (Lipinski definition) is 1. The first-order chi connectivity index (χ1) is 9.56. The molecule has 20 heavy (non-hydrogen) atoms. The van der Waals surface area contributed by atoms with Gasteiger partial charge in [-0.15, -0.1) is 0 Å². The van der Waals surface area contributed by atoms with E-state index in [1.54, 1.807) is 0 Å². The Bertz CT molecular complexity index is 174. The standard InChI is InChI=1S/C19H41N/c1-17(2)12-14-19(15-13-18(3)4)11-9-7-5-6-8-10-16-20/h17-19H,5-16,20H2,1-4H3. The van der Waals surface area contributed by atoms with Crippen molar-refractivity contribution in [1.29, 1.82) is 0 Å². The molecule has 0 unspecified atom stereocenters. The molecule has 0 aromatic carbocycles. The normalized spacial score (nSPS) is 12.0. The van der Waals surface area contributed by atoms with Gasteiger partial charge in [0.15, 0.2) is 0 Å². The third kappa shape index (κ3) is 14.4. The van der Waals surface area contributed by atoms with Gasteiger partial charge in [-0.25, -0.2) is 0 Å². The lowest BCUT2D eigenvalue weighted by Gasteiger charge is -2.19. The molecule has 0 radical (unpaired) electrons. The largest absolute Gasteiger partial charge is 0.330 e. The molecule has 0 saturated heterocycles. The summed E-state index contributed by atoms with van der Waals surface area (Å²) in [6, 6.07) is 0. The summed E-state index contributed by atoms with van der Waals surface area (Å²) in [5, 5.41) is 0. The second-order valence-electron chi connectivity index (χ2n) is 7.51. The highest BCUT2D eigenvalue weighted by atomic mass is 14.5. The van der Waals surface area contributed by atoms with Gasteiger partial charge in [0.25, 0.3) is 0 Å².